The minimum absolute atomic E-state index is 0.0302. The van der Waals surface area contributed by atoms with Crippen molar-refractivity contribution in [3.8, 4) is 6.07 Å². The fourth-order valence-electron chi connectivity index (χ4n) is 1.91. The average molecular weight is 268 g/mol. The van der Waals surface area contributed by atoms with Gasteiger partial charge in [-0.15, -0.1) is 0 Å². The van der Waals surface area contributed by atoms with E-state index in [9.17, 15) is 10.1 Å². The summed E-state index contributed by atoms with van der Waals surface area (Å²) in [6.07, 6.45) is 1.53. The molecule has 0 radical (unpaired) electrons. The summed E-state index contributed by atoms with van der Waals surface area (Å²) in [5.74, 6) is 0.255. The Hall–Kier alpha value is -2.94. The molecule has 2 aromatic rings. The molecule has 6 nitrogen and oxygen atoms in total. The minimum atomic E-state index is -0.442. The largest absolute Gasteiger partial charge is 0.324 e. The van der Waals surface area contributed by atoms with Crippen molar-refractivity contribution in [1.82, 2.24) is 4.98 Å². The van der Waals surface area contributed by atoms with Gasteiger partial charge in [0.1, 0.15) is 0 Å². The zero-order valence-electron chi connectivity index (χ0n) is 11.1. The molecule has 0 atom stereocenters. The van der Waals surface area contributed by atoms with Gasteiger partial charge in [0.25, 0.3) is 0 Å². The first-order valence-electron chi connectivity index (χ1n) is 5.88. The van der Waals surface area contributed by atoms with Gasteiger partial charge in [-0.1, -0.05) is 6.07 Å². The van der Waals surface area contributed by atoms with E-state index in [2.05, 4.69) is 4.98 Å². The van der Waals surface area contributed by atoms with Crippen molar-refractivity contribution < 1.29 is 4.92 Å². The predicted octanol–water partition coefficient (Wildman–Crippen LogP) is 2.94. The zero-order chi connectivity index (χ0) is 14.7. The lowest BCUT2D eigenvalue weighted by Gasteiger charge is -2.18. The van der Waals surface area contributed by atoms with Gasteiger partial charge in [-0.3, -0.25) is 10.1 Å². The number of nitriles is 1. The first-order chi connectivity index (χ1) is 9.54. The molecule has 1 heterocycles. The van der Waals surface area contributed by atoms with E-state index in [1.165, 1.54) is 6.20 Å². The summed E-state index contributed by atoms with van der Waals surface area (Å²) in [7, 11) is 1.69. The molecule has 0 saturated heterocycles. The molecule has 0 unspecified atom stereocenters. The number of nitrogens with zero attached hydrogens (tertiary/aromatic N) is 4. The molecule has 20 heavy (non-hydrogen) atoms. The van der Waals surface area contributed by atoms with Crippen LogP contribution in [0.5, 0.6) is 0 Å². The number of hydrogen-bond acceptors (Lipinski definition) is 5. The molecule has 2 rings (SSSR count). The number of anilines is 2. The normalized spacial score (nSPS) is 9.85. The van der Waals surface area contributed by atoms with Crippen molar-refractivity contribution in [3.63, 3.8) is 0 Å². The Morgan fingerprint density at radius 3 is 2.80 bits per heavy atom. The smallest absolute Gasteiger partial charge is 0.314 e. The highest BCUT2D eigenvalue weighted by atomic mass is 16.6. The Kier molecular flexibility index (Phi) is 3.62. The van der Waals surface area contributed by atoms with Crippen LogP contribution in [0.1, 0.15) is 11.1 Å². The molecule has 0 saturated carbocycles. The van der Waals surface area contributed by atoms with E-state index in [1.807, 2.05) is 6.07 Å². The average Bonchev–Trinajstić information content (AvgIpc) is 2.45. The molecular formula is C14H12N4O2. The van der Waals surface area contributed by atoms with E-state index in [1.54, 1.807) is 49.2 Å². The zero-order valence-corrected chi connectivity index (χ0v) is 11.1. The molecule has 0 N–H and O–H groups in total. The number of hydrogen-bond donors (Lipinski definition) is 0. The number of pyridine rings is 1. The van der Waals surface area contributed by atoms with Crippen molar-refractivity contribution in [3.05, 3.63) is 57.8 Å². The highest BCUT2D eigenvalue weighted by molar-refractivity contribution is 5.70. The van der Waals surface area contributed by atoms with Crippen LogP contribution < -0.4 is 4.90 Å². The topological polar surface area (TPSA) is 83.1 Å². The van der Waals surface area contributed by atoms with Crippen molar-refractivity contribution in [2.24, 2.45) is 0 Å². The molecule has 1 aromatic carbocycles. The molecule has 100 valence electrons. The Balaban J connectivity index is 2.54. The van der Waals surface area contributed by atoms with Gasteiger partial charge in [-0.25, -0.2) is 4.98 Å². The van der Waals surface area contributed by atoms with Crippen LogP contribution in [-0.2, 0) is 0 Å². The highest BCUT2D eigenvalue weighted by Crippen LogP contribution is 2.32. The van der Waals surface area contributed by atoms with E-state index in [0.717, 1.165) is 0 Å². The maximum absolute atomic E-state index is 11.2. The van der Waals surface area contributed by atoms with Gasteiger partial charge in [0, 0.05) is 24.5 Å². The maximum Gasteiger partial charge on any atom is 0.314 e. The van der Waals surface area contributed by atoms with E-state index in [4.69, 9.17) is 5.26 Å². The SMILES string of the molecule is Cc1ccnc(N(C)c2cccc(C#N)c2)c1[N+](=O)[O-]. The van der Waals surface area contributed by atoms with Crippen molar-refractivity contribution in [1.29, 1.82) is 5.26 Å². The molecule has 0 aliphatic rings. The highest BCUT2D eigenvalue weighted by Gasteiger charge is 2.22. The second kappa shape index (κ2) is 5.36. The molecule has 0 aliphatic heterocycles. The lowest BCUT2D eigenvalue weighted by atomic mass is 10.2. The summed E-state index contributed by atoms with van der Waals surface area (Å²) in [6, 6.07) is 10.5. The summed E-state index contributed by atoms with van der Waals surface area (Å²) in [4.78, 5) is 16.4. The monoisotopic (exact) mass is 268 g/mol. The Bertz CT molecular complexity index is 707. The van der Waals surface area contributed by atoms with Gasteiger partial charge in [0.05, 0.1) is 16.6 Å². The van der Waals surface area contributed by atoms with E-state index < -0.39 is 4.92 Å². The second-order valence-corrected chi connectivity index (χ2v) is 4.28. The fourth-order valence-corrected chi connectivity index (χ4v) is 1.91. The fraction of sp³-hybridized carbons (Fsp3) is 0.143. The number of benzene rings is 1. The second-order valence-electron chi connectivity index (χ2n) is 4.28. The molecule has 6 heteroatoms. The molecular weight excluding hydrogens is 256 g/mol. The van der Waals surface area contributed by atoms with Crippen LogP contribution in [0.15, 0.2) is 36.5 Å². The lowest BCUT2D eigenvalue weighted by Crippen LogP contribution is -2.14. The molecule has 0 fully saturated rings. The molecule has 0 spiro atoms. The molecule has 1 aromatic heterocycles. The van der Waals surface area contributed by atoms with Gasteiger partial charge < -0.3 is 4.90 Å². The number of rotatable bonds is 3. The number of aryl methyl sites for hydroxylation is 1. The van der Waals surface area contributed by atoms with Gasteiger partial charge >= 0.3 is 5.69 Å². The van der Waals surface area contributed by atoms with Crippen LogP contribution in [-0.4, -0.2) is 17.0 Å². The summed E-state index contributed by atoms with van der Waals surface area (Å²) in [6.45, 7) is 1.67. The van der Waals surface area contributed by atoms with Crippen molar-refractivity contribution >= 4 is 17.2 Å². The third kappa shape index (κ3) is 2.42. The van der Waals surface area contributed by atoms with Gasteiger partial charge in [0.2, 0.25) is 5.82 Å². The summed E-state index contributed by atoms with van der Waals surface area (Å²) < 4.78 is 0. The van der Waals surface area contributed by atoms with E-state index >= 15 is 0 Å². The number of nitro groups is 1. The lowest BCUT2D eigenvalue weighted by molar-refractivity contribution is -0.384. The summed E-state index contributed by atoms with van der Waals surface area (Å²) in [5, 5.41) is 20.1. The van der Waals surface area contributed by atoms with Crippen LogP contribution in [0.3, 0.4) is 0 Å². The summed E-state index contributed by atoms with van der Waals surface area (Å²) in [5.41, 5.74) is 1.68. The van der Waals surface area contributed by atoms with Gasteiger partial charge in [-0.2, -0.15) is 5.26 Å². The quantitative estimate of drug-likeness (QED) is 0.631. The first kappa shape index (κ1) is 13.5. The maximum atomic E-state index is 11.2. The Morgan fingerprint density at radius 1 is 1.40 bits per heavy atom. The molecule has 0 aliphatic carbocycles. The third-order valence-corrected chi connectivity index (χ3v) is 2.97. The Labute approximate surface area is 116 Å². The van der Waals surface area contributed by atoms with Gasteiger partial charge in [-0.05, 0) is 31.2 Å². The van der Waals surface area contributed by atoms with Crippen LogP contribution in [0, 0.1) is 28.4 Å². The summed E-state index contributed by atoms with van der Waals surface area (Å²) >= 11 is 0. The van der Waals surface area contributed by atoms with Crippen LogP contribution in [0.4, 0.5) is 17.2 Å². The standard InChI is InChI=1S/C14H12N4O2/c1-10-6-7-16-14(13(10)18(19)20)17(2)12-5-3-4-11(8-12)9-15/h3-8H,1-2H3. The minimum Gasteiger partial charge on any atom is -0.324 e. The van der Waals surface area contributed by atoms with Gasteiger partial charge in [0.15, 0.2) is 0 Å². The van der Waals surface area contributed by atoms with Crippen molar-refractivity contribution in [2.45, 2.75) is 6.92 Å². The molecule has 0 amide bonds. The van der Waals surface area contributed by atoms with Crippen molar-refractivity contribution in [2.75, 3.05) is 11.9 Å². The third-order valence-electron chi connectivity index (χ3n) is 2.97. The first-order valence-corrected chi connectivity index (χ1v) is 5.88. The van der Waals surface area contributed by atoms with Crippen LogP contribution in [0.2, 0.25) is 0 Å². The number of aromatic nitrogens is 1. The van der Waals surface area contributed by atoms with E-state index in [-0.39, 0.29) is 11.5 Å². The van der Waals surface area contributed by atoms with Crippen LogP contribution in [0.25, 0.3) is 0 Å². The van der Waals surface area contributed by atoms with E-state index in [0.29, 0.717) is 16.8 Å². The Morgan fingerprint density at radius 2 is 2.15 bits per heavy atom. The molecule has 0 bridgehead atoms. The van der Waals surface area contributed by atoms with Crippen LogP contribution >= 0.6 is 0 Å². The predicted molar refractivity (Wildman–Crippen MR) is 74.8 cm³/mol.